The Hall–Kier alpha value is -2.52. The van der Waals surface area contributed by atoms with Gasteiger partial charge in [-0.1, -0.05) is 0 Å². The molecular formula is C59H124N4O24Si6. The van der Waals surface area contributed by atoms with E-state index >= 15 is 0 Å². The Kier molecular flexibility index (Phi) is 50.2. The number of ether oxygens (including phenoxy) is 6. The molecule has 0 atom stereocenters. The SMILES string of the molecule is CO[Si](C)(CCCOC(=O)CCN(CCC(=O)OCCC[Si](C)(OC)OC)CCN(CCN(CCC(=O)OCCC[Si](C)(OC)OC)CCC(=O)OCCC[Si](C)(OC)OC)CN(CCC(=O)OCCC[Si](C)(OC)OC)CCC(=O)OCCC[Si](C)(OC)OC)OC. The van der Waals surface area contributed by atoms with Crippen LogP contribution < -0.4 is 0 Å². The summed E-state index contributed by atoms with van der Waals surface area (Å²) in [4.78, 5) is 88.6. The Morgan fingerprint density at radius 3 is 0.527 bits per heavy atom. The molecule has 0 fully saturated rings. The van der Waals surface area contributed by atoms with Crippen LogP contribution in [0.25, 0.3) is 0 Å². The summed E-state index contributed by atoms with van der Waals surface area (Å²) in [6, 6.07) is 3.77. The van der Waals surface area contributed by atoms with Crippen LogP contribution in [-0.4, -0.2) is 304 Å². The summed E-state index contributed by atoms with van der Waals surface area (Å²) in [5.41, 5.74) is 0. The number of hydrogen-bond donors (Lipinski definition) is 0. The molecule has 28 nitrogen and oxygen atoms in total. The predicted molar refractivity (Wildman–Crippen MR) is 365 cm³/mol. The van der Waals surface area contributed by atoms with E-state index in [9.17, 15) is 28.8 Å². The van der Waals surface area contributed by atoms with E-state index in [2.05, 4.69) is 4.90 Å². The number of hydrogen-bond acceptors (Lipinski definition) is 28. The maximum absolute atomic E-state index is 13.5. The monoisotopic (exact) mass is 1440 g/mol. The molecule has 0 bridgehead atoms. The summed E-state index contributed by atoms with van der Waals surface area (Å²) in [5.74, 6) is -2.47. The van der Waals surface area contributed by atoms with E-state index in [1.54, 1.807) is 85.3 Å². The van der Waals surface area contributed by atoms with Gasteiger partial charge in [0.05, 0.1) is 84.8 Å². The lowest BCUT2D eigenvalue weighted by atomic mass is 10.3. The van der Waals surface area contributed by atoms with Crippen LogP contribution in [0.3, 0.4) is 0 Å². The topological polar surface area (TPSA) is 282 Å². The van der Waals surface area contributed by atoms with Gasteiger partial charge in [0.25, 0.3) is 0 Å². The first-order chi connectivity index (χ1) is 44.1. The minimum Gasteiger partial charge on any atom is -0.466 e. The highest BCUT2D eigenvalue weighted by atomic mass is 28.4. The summed E-state index contributed by atoms with van der Waals surface area (Å²) in [6.45, 7) is 15.8. The average molecular weight is 1440 g/mol. The van der Waals surface area contributed by atoms with Crippen molar-refractivity contribution in [3.8, 4) is 0 Å². The Labute approximate surface area is 564 Å². The molecule has 0 unspecified atom stereocenters. The van der Waals surface area contributed by atoms with Crippen molar-refractivity contribution < 1.29 is 110 Å². The van der Waals surface area contributed by atoms with Crippen LogP contribution in [0.5, 0.6) is 0 Å². The van der Waals surface area contributed by atoms with Gasteiger partial charge in [-0.25, -0.2) is 0 Å². The molecule has 548 valence electrons. The maximum Gasteiger partial charge on any atom is 0.334 e. The normalized spacial score (nSPS) is 12.7. The van der Waals surface area contributed by atoms with Gasteiger partial charge in [0.1, 0.15) is 0 Å². The lowest BCUT2D eigenvalue weighted by molar-refractivity contribution is -0.146. The smallest absolute Gasteiger partial charge is 0.334 e. The van der Waals surface area contributed by atoms with Crippen LogP contribution in [0.2, 0.25) is 75.5 Å². The minimum absolute atomic E-state index is 0.00352. The molecule has 0 rings (SSSR count). The third-order valence-electron chi connectivity index (χ3n) is 17.1. The summed E-state index contributed by atoms with van der Waals surface area (Å²) in [6.07, 6.45) is 3.47. The molecule has 0 aliphatic carbocycles. The Balaban J connectivity index is 7.27. The van der Waals surface area contributed by atoms with E-state index in [0.717, 1.165) is 0 Å². The molecule has 0 aromatic carbocycles. The highest BCUT2D eigenvalue weighted by molar-refractivity contribution is 6.67. The van der Waals surface area contributed by atoms with Gasteiger partial charge in [-0.3, -0.25) is 38.6 Å². The Morgan fingerprint density at radius 2 is 0.366 bits per heavy atom. The molecule has 34 heteroatoms. The van der Waals surface area contributed by atoms with Crippen LogP contribution >= 0.6 is 0 Å². The van der Waals surface area contributed by atoms with Crippen LogP contribution in [0.15, 0.2) is 0 Å². The van der Waals surface area contributed by atoms with E-state index in [4.69, 9.17) is 81.5 Å². The summed E-state index contributed by atoms with van der Waals surface area (Å²) in [7, 11) is 5.07. The number of nitrogens with zero attached hydrogens (tertiary/aromatic N) is 4. The zero-order chi connectivity index (χ0) is 70.3. The first kappa shape index (κ1) is 90.5. The second kappa shape index (κ2) is 51.6. The first-order valence-corrected chi connectivity index (χ1v) is 47.7. The lowest BCUT2D eigenvalue weighted by Gasteiger charge is -2.34. The molecule has 93 heavy (non-hydrogen) atoms. The average Bonchev–Trinajstić information content (AvgIpc) is 3.26. The molecule has 0 radical (unpaired) electrons. The van der Waals surface area contributed by atoms with E-state index in [1.165, 1.54) is 0 Å². The Morgan fingerprint density at radius 1 is 0.226 bits per heavy atom. The fourth-order valence-corrected chi connectivity index (χ4v) is 17.3. The molecule has 0 saturated carbocycles. The van der Waals surface area contributed by atoms with Crippen molar-refractivity contribution in [2.45, 2.75) is 153 Å². The fourth-order valence-electron chi connectivity index (χ4n) is 9.16. The molecule has 0 aliphatic heterocycles. The van der Waals surface area contributed by atoms with E-state index in [-0.39, 0.29) is 124 Å². The standard InChI is InChI=1S/C59H124N4O24Si6/c1-70-88(13,71-2)47-19-41-82-54(64)25-31-60(32-26-55(65)83-42-20-48-89(14,72-3)73-4)37-39-63(53-62(35-29-58(68)86-45-23-51-92(17,78-9)79-10)36-30-59(69)87-46-24-52-93(18,80-11)81-12)40-38-61(33-27-56(66)84-43-21-49-90(15,74-5)75-6)34-28-57(67)85-44-22-50-91(16,76-7)77-8/h19-53H2,1-18H3. The van der Waals surface area contributed by atoms with Crippen LogP contribution in [0, 0.1) is 0 Å². The van der Waals surface area contributed by atoms with E-state index in [0.29, 0.717) is 101 Å². The molecule has 0 amide bonds. The van der Waals surface area contributed by atoms with Crippen molar-refractivity contribution in [1.29, 1.82) is 0 Å². The summed E-state index contributed by atoms with van der Waals surface area (Å²) >= 11 is 0. The first-order valence-electron chi connectivity index (χ1n) is 32.6. The highest BCUT2D eigenvalue weighted by Gasteiger charge is 2.33. The van der Waals surface area contributed by atoms with Crippen LogP contribution in [0.1, 0.15) is 77.0 Å². The van der Waals surface area contributed by atoms with E-state index < -0.39 is 87.2 Å². The number of rotatable bonds is 62. The number of carbonyl (C=O) groups is 6. The van der Waals surface area contributed by atoms with Crippen molar-refractivity contribution in [3.63, 3.8) is 0 Å². The third kappa shape index (κ3) is 43.5. The zero-order valence-electron chi connectivity index (χ0n) is 60.3. The van der Waals surface area contributed by atoms with Gasteiger partial charge < -0.3 is 91.3 Å². The molecule has 0 aromatic heterocycles. The zero-order valence-corrected chi connectivity index (χ0v) is 66.3. The molecule has 0 aromatic rings. The van der Waals surface area contributed by atoms with Crippen molar-refractivity contribution in [2.24, 2.45) is 0 Å². The van der Waals surface area contributed by atoms with Gasteiger partial charge >= 0.3 is 87.2 Å². The Bertz CT molecular complexity index is 1790. The van der Waals surface area contributed by atoms with E-state index in [1.807, 2.05) is 54.0 Å². The van der Waals surface area contributed by atoms with Gasteiger partial charge in [-0.15, -0.1) is 0 Å². The minimum atomic E-state index is -2.39. The largest absolute Gasteiger partial charge is 0.466 e. The van der Waals surface area contributed by atoms with Crippen LogP contribution in [-0.2, 0) is 110 Å². The van der Waals surface area contributed by atoms with Crippen LogP contribution in [0.4, 0.5) is 0 Å². The van der Waals surface area contributed by atoms with Gasteiger partial charge in [0, 0.05) is 151 Å². The molecule has 0 heterocycles. The second-order valence-corrected chi connectivity index (χ2v) is 45.3. The molecule has 0 N–H and O–H groups in total. The van der Waals surface area contributed by atoms with Crippen molar-refractivity contribution in [1.82, 2.24) is 19.6 Å². The van der Waals surface area contributed by atoms with Crippen molar-refractivity contribution in [3.05, 3.63) is 0 Å². The van der Waals surface area contributed by atoms with Gasteiger partial charge in [0.2, 0.25) is 0 Å². The van der Waals surface area contributed by atoms with Crippen molar-refractivity contribution in [2.75, 3.05) is 197 Å². The predicted octanol–water partition coefficient (Wildman–Crippen LogP) is 6.28. The fraction of sp³-hybridized carbons (Fsp3) is 0.898. The maximum atomic E-state index is 13.5. The van der Waals surface area contributed by atoms with Gasteiger partial charge in [0.15, 0.2) is 0 Å². The summed E-state index contributed by atoms with van der Waals surface area (Å²) in [5, 5.41) is 0. The molecular weight excluding hydrogens is 1320 g/mol. The number of esters is 6. The summed E-state index contributed by atoms with van der Waals surface area (Å²) < 4.78 is 101. The molecule has 0 saturated heterocycles. The second-order valence-electron chi connectivity index (χ2n) is 23.8. The highest BCUT2D eigenvalue weighted by Crippen LogP contribution is 2.19. The molecule has 0 spiro atoms. The molecule has 0 aliphatic rings. The third-order valence-corrected chi connectivity index (χ3v) is 35.0. The number of carbonyl (C=O) groups excluding carboxylic acids is 6. The van der Waals surface area contributed by atoms with Gasteiger partial charge in [-0.2, -0.15) is 0 Å². The quantitative estimate of drug-likeness (QED) is 0.0213. The van der Waals surface area contributed by atoms with Crippen molar-refractivity contribution >= 4 is 87.2 Å². The van der Waals surface area contributed by atoms with Gasteiger partial charge in [-0.05, 0) is 114 Å². The lowest BCUT2D eigenvalue weighted by Crippen LogP contribution is -2.47.